The molecule has 1 aromatic carbocycles. The van der Waals surface area contributed by atoms with Crippen LogP contribution < -0.4 is 10.2 Å². The minimum Gasteiger partial charge on any atom is -0.455 e. The number of rotatable bonds is 3. The Morgan fingerprint density at radius 3 is 2.55 bits per heavy atom. The molecule has 0 aliphatic carbocycles. The summed E-state index contributed by atoms with van der Waals surface area (Å²) in [7, 11) is 0. The quantitative estimate of drug-likeness (QED) is 0.866. The first-order valence-electron chi connectivity index (χ1n) is 7.15. The number of ether oxygens (including phenoxy) is 1. The molecule has 0 unspecified atom stereocenters. The molecule has 0 spiro atoms. The fourth-order valence-corrected chi connectivity index (χ4v) is 2.26. The number of carbonyl (C=O) groups excluding carboxylic acids is 3. The zero-order valence-corrected chi connectivity index (χ0v) is 13.2. The second kappa shape index (κ2) is 5.79. The molecular formula is C16H20N2O4. The van der Waals surface area contributed by atoms with Crippen molar-refractivity contribution in [3.05, 3.63) is 24.3 Å². The Bertz CT molecular complexity index is 622. The predicted molar refractivity (Wildman–Crippen MR) is 82.4 cm³/mol. The van der Waals surface area contributed by atoms with Gasteiger partial charge in [-0.15, -0.1) is 0 Å². The number of nitrogens with one attached hydrogen (secondary N) is 1. The standard InChI is InChI=1S/C16H20N2O4/c1-10(2)14(20)22-9-13(19)18-12-8-6-5-7-11(12)17-15(21)16(18,3)4/h5-8,10H,9H2,1-4H3,(H,17,21). The Kier molecular flexibility index (Phi) is 4.21. The Morgan fingerprint density at radius 2 is 1.91 bits per heavy atom. The van der Waals surface area contributed by atoms with Crippen LogP contribution in [0.15, 0.2) is 24.3 Å². The number of nitrogens with zero attached hydrogens (tertiary/aromatic N) is 1. The molecule has 2 rings (SSSR count). The molecule has 0 radical (unpaired) electrons. The Hall–Kier alpha value is -2.37. The smallest absolute Gasteiger partial charge is 0.308 e. The van der Waals surface area contributed by atoms with Gasteiger partial charge in [0.2, 0.25) is 5.91 Å². The molecule has 1 aliphatic heterocycles. The first kappa shape index (κ1) is 16.0. The van der Waals surface area contributed by atoms with Crippen molar-refractivity contribution >= 4 is 29.2 Å². The van der Waals surface area contributed by atoms with Gasteiger partial charge in [0.05, 0.1) is 17.3 Å². The third kappa shape index (κ3) is 2.81. The first-order valence-corrected chi connectivity index (χ1v) is 7.15. The maximum absolute atomic E-state index is 12.5. The van der Waals surface area contributed by atoms with Gasteiger partial charge in [-0.1, -0.05) is 26.0 Å². The Morgan fingerprint density at radius 1 is 1.27 bits per heavy atom. The highest BCUT2D eigenvalue weighted by Crippen LogP contribution is 2.36. The average molecular weight is 304 g/mol. The lowest BCUT2D eigenvalue weighted by Gasteiger charge is -2.41. The number of hydrogen-bond acceptors (Lipinski definition) is 4. The maximum Gasteiger partial charge on any atom is 0.308 e. The molecule has 1 aromatic rings. The summed E-state index contributed by atoms with van der Waals surface area (Å²) in [6.07, 6.45) is 0. The van der Waals surface area contributed by atoms with Gasteiger partial charge in [0.15, 0.2) is 6.61 Å². The van der Waals surface area contributed by atoms with Gasteiger partial charge in [-0.05, 0) is 26.0 Å². The molecule has 0 bridgehead atoms. The second-order valence-corrected chi connectivity index (χ2v) is 6.02. The lowest BCUT2D eigenvalue weighted by atomic mass is 9.96. The molecule has 1 aliphatic rings. The largest absolute Gasteiger partial charge is 0.455 e. The number of carbonyl (C=O) groups is 3. The topological polar surface area (TPSA) is 75.7 Å². The lowest BCUT2D eigenvalue weighted by molar-refractivity contribution is -0.151. The van der Waals surface area contributed by atoms with Crippen LogP contribution in [-0.4, -0.2) is 29.9 Å². The molecule has 0 saturated heterocycles. The summed E-state index contributed by atoms with van der Waals surface area (Å²) in [4.78, 5) is 37.7. The van der Waals surface area contributed by atoms with E-state index in [2.05, 4.69) is 5.32 Å². The fraction of sp³-hybridized carbons (Fsp3) is 0.438. The number of benzene rings is 1. The first-order chi connectivity index (χ1) is 10.2. The highest BCUT2D eigenvalue weighted by molar-refractivity contribution is 6.14. The van der Waals surface area contributed by atoms with Crippen LogP contribution >= 0.6 is 0 Å². The highest BCUT2D eigenvalue weighted by Gasteiger charge is 2.43. The van der Waals surface area contributed by atoms with Crippen molar-refractivity contribution in [1.82, 2.24) is 0 Å². The van der Waals surface area contributed by atoms with Crippen LogP contribution in [0, 0.1) is 5.92 Å². The highest BCUT2D eigenvalue weighted by atomic mass is 16.5. The molecule has 6 nitrogen and oxygen atoms in total. The molecule has 0 atom stereocenters. The monoisotopic (exact) mass is 304 g/mol. The molecule has 1 heterocycles. The van der Waals surface area contributed by atoms with E-state index in [0.717, 1.165) is 0 Å². The summed E-state index contributed by atoms with van der Waals surface area (Å²) in [6, 6.07) is 7.03. The SMILES string of the molecule is CC(C)C(=O)OCC(=O)N1c2ccccc2NC(=O)C1(C)C. The predicted octanol–water partition coefficient (Wildman–Crippen LogP) is 1.95. The fourth-order valence-electron chi connectivity index (χ4n) is 2.26. The summed E-state index contributed by atoms with van der Waals surface area (Å²) in [6.45, 7) is 6.31. The molecule has 0 saturated carbocycles. The lowest BCUT2D eigenvalue weighted by Crippen LogP contribution is -2.59. The number of para-hydroxylation sites is 2. The third-order valence-electron chi connectivity index (χ3n) is 3.57. The maximum atomic E-state index is 12.5. The third-order valence-corrected chi connectivity index (χ3v) is 3.57. The number of hydrogen-bond donors (Lipinski definition) is 1. The molecule has 2 amide bonds. The van der Waals surface area contributed by atoms with E-state index < -0.39 is 17.4 Å². The summed E-state index contributed by atoms with van der Waals surface area (Å²) < 4.78 is 5.00. The normalized spacial score (nSPS) is 16.0. The van der Waals surface area contributed by atoms with Crippen LogP contribution in [0.3, 0.4) is 0 Å². The summed E-state index contributed by atoms with van der Waals surface area (Å²) >= 11 is 0. The van der Waals surface area contributed by atoms with Crippen molar-refractivity contribution in [1.29, 1.82) is 0 Å². The van der Waals surface area contributed by atoms with Crippen LogP contribution in [-0.2, 0) is 19.1 Å². The second-order valence-electron chi connectivity index (χ2n) is 6.02. The molecule has 0 fully saturated rings. The van der Waals surface area contributed by atoms with Crippen LogP contribution in [0.2, 0.25) is 0 Å². The Labute approximate surface area is 129 Å². The average Bonchev–Trinajstić information content (AvgIpc) is 2.45. The van der Waals surface area contributed by atoms with E-state index >= 15 is 0 Å². The van der Waals surface area contributed by atoms with E-state index in [-0.39, 0.29) is 18.4 Å². The van der Waals surface area contributed by atoms with Crippen molar-refractivity contribution in [2.45, 2.75) is 33.2 Å². The van der Waals surface area contributed by atoms with E-state index in [1.165, 1.54) is 4.90 Å². The summed E-state index contributed by atoms with van der Waals surface area (Å²) in [5, 5.41) is 2.78. The van der Waals surface area contributed by atoms with Crippen molar-refractivity contribution in [3.8, 4) is 0 Å². The van der Waals surface area contributed by atoms with E-state index in [1.807, 2.05) is 0 Å². The van der Waals surface area contributed by atoms with Crippen molar-refractivity contribution in [3.63, 3.8) is 0 Å². The van der Waals surface area contributed by atoms with E-state index in [0.29, 0.717) is 11.4 Å². The molecule has 118 valence electrons. The van der Waals surface area contributed by atoms with Gasteiger partial charge >= 0.3 is 5.97 Å². The van der Waals surface area contributed by atoms with Gasteiger partial charge in [0, 0.05) is 0 Å². The van der Waals surface area contributed by atoms with Crippen LogP contribution in [0.5, 0.6) is 0 Å². The number of fused-ring (bicyclic) bond motifs is 1. The molecule has 22 heavy (non-hydrogen) atoms. The van der Waals surface area contributed by atoms with Gasteiger partial charge in [0.25, 0.3) is 5.91 Å². The molecule has 1 N–H and O–H groups in total. The van der Waals surface area contributed by atoms with Gasteiger partial charge < -0.3 is 10.1 Å². The van der Waals surface area contributed by atoms with Gasteiger partial charge in [0.1, 0.15) is 5.54 Å². The van der Waals surface area contributed by atoms with E-state index in [9.17, 15) is 14.4 Å². The minimum absolute atomic E-state index is 0.283. The molecular weight excluding hydrogens is 284 g/mol. The minimum atomic E-state index is -1.06. The van der Waals surface area contributed by atoms with Crippen molar-refractivity contribution in [2.75, 3.05) is 16.8 Å². The Balaban J connectivity index is 2.28. The summed E-state index contributed by atoms with van der Waals surface area (Å²) in [5.74, 6) is -1.46. The van der Waals surface area contributed by atoms with Crippen LogP contribution in [0.4, 0.5) is 11.4 Å². The molecule has 6 heteroatoms. The van der Waals surface area contributed by atoms with Gasteiger partial charge in [-0.3, -0.25) is 19.3 Å². The molecule has 0 aromatic heterocycles. The number of amides is 2. The van der Waals surface area contributed by atoms with E-state index in [1.54, 1.807) is 52.0 Å². The van der Waals surface area contributed by atoms with Crippen molar-refractivity contribution < 1.29 is 19.1 Å². The summed E-state index contributed by atoms with van der Waals surface area (Å²) in [5.41, 5.74) is 0.100. The van der Waals surface area contributed by atoms with Crippen LogP contribution in [0.1, 0.15) is 27.7 Å². The van der Waals surface area contributed by atoms with Crippen LogP contribution in [0.25, 0.3) is 0 Å². The van der Waals surface area contributed by atoms with Crippen molar-refractivity contribution in [2.24, 2.45) is 5.92 Å². The van der Waals surface area contributed by atoms with E-state index in [4.69, 9.17) is 4.74 Å². The van der Waals surface area contributed by atoms with Gasteiger partial charge in [-0.25, -0.2) is 0 Å². The zero-order valence-electron chi connectivity index (χ0n) is 13.2. The van der Waals surface area contributed by atoms with Gasteiger partial charge in [-0.2, -0.15) is 0 Å². The zero-order chi connectivity index (χ0) is 16.5. The number of anilines is 2. The number of esters is 1.